The summed E-state index contributed by atoms with van der Waals surface area (Å²) in [5.74, 6) is 0.217. The van der Waals surface area contributed by atoms with Crippen LogP contribution in [0.25, 0.3) is 10.9 Å². The molecule has 2 aromatic carbocycles. The Morgan fingerprint density at radius 3 is 2.86 bits per heavy atom. The molecule has 0 spiro atoms. The van der Waals surface area contributed by atoms with Crippen molar-refractivity contribution < 1.29 is 4.79 Å². The van der Waals surface area contributed by atoms with Crippen LogP contribution in [0.5, 0.6) is 0 Å². The number of nitrogens with one attached hydrogen (secondary N) is 1. The molecule has 1 atom stereocenters. The van der Waals surface area contributed by atoms with Crippen molar-refractivity contribution in [3.05, 3.63) is 70.0 Å². The lowest BCUT2D eigenvalue weighted by Gasteiger charge is -2.26. The smallest absolute Gasteiger partial charge is 0.262 e. The number of benzene rings is 2. The summed E-state index contributed by atoms with van der Waals surface area (Å²) in [6, 6.07) is 15.8. The molecule has 4 rings (SSSR count). The van der Waals surface area contributed by atoms with E-state index in [4.69, 9.17) is 0 Å². The molecular weight excluding hydrogens is 382 g/mol. The maximum atomic E-state index is 12.8. The van der Waals surface area contributed by atoms with Crippen molar-refractivity contribution in [2.24, 2.45) is 0 Å². The lowest BCUT2D eigenvalue weighted by atomic mass is 9.88. The van der Waals surface area contributed by atoms with E-state index in [2.05, 4.69) is 28.5 Å². The number of amides is 1. The number of rotatable bonds is 6. The fourth-order valence-corrected chi connectivity index (χ4v) is 4.79. The molecule has 0 aliphatic heterocycles. The monoisotopic (exact) mass is 407 g/mol. The molecule has 1 aromatic heterocycles. The number of fused-ring (bicyclic) bond motifs is 2. The highest BCUT2D eigenvalue weighted by Crippen LogP contribution is 2.29. The third kappa shape index (κ3) is 4.22. The Kier molecular flexibility index (Phi) is 6.00. The zero-order chi connectivity index (χ0) is 20.2. The largest absolute Gasteiger partial charge is 0.349 e. The number of carbonyl (C=O) groups is 1. The highest BCUT2D eigenvalue weighted by Gasteiger charge is 2.21. The summed E-state index contributed by atoms with van der Waals surface area (Å²) in [4.78, 5) is 30.2. The molecule has 0 saturated heterocycles. The van der Waals surface area contributed by atoms with E-state index in [9.17, 15) is 9.59 Å². The van der Waals surface area contributed by atoms with Gasteiger partial charge in [0.1, 0.15) is 0 Å². The predicted molar refractivity (Wildman–Crippen MR) is 117 cm³/mol. The molecule has 1 N–H and O–H groups in total. The fourth-order valence-electron chi connectivity index (χ4n) is 3.95. The quantitative estimate of drug-likeness (QED) is 0.494. The minimum Gasteiger partial charge on any atom is -0.349 e. The first-order valence-corrected chi connectivity index (χ1v) is 11.2. The predicted octanol–water partition coefficient (Wildman–Crippen LogP) is 4.09. The molecule has 150 valence electrons. The molecule has 29 heavy (non-hydrogen) atoms. The minimum atomic E-state index is -0.0402. The van der Waals surface area contributed by atoms with E-state index in [0.29, 0.717) is 22.6 Å². The number of thioether (sulfide) groups is 1. The van der Waals surface area contributed by atoms with Crippen LogP contribution < -0.4 is 10.9 Å². The van der Waals surface area contributed by atoms with Crippen molar-refractivity contribution in [2.45, 2.75) is 50.4 Å². The SMILES string of the molecule is CCCn1c(SCC(=O)N[C@H]2CCCc3ccccc32)nc2ccccc2c1=O. The summed E-state index contributed by atoms with van der Waals surface area (Å²) in [5, 5.41) is 4.40. The average molecular weight is 408 g/mol. The second-order valence-corrected chi connectivity index (χ2v) is 8.31. The summed E-state index contributed by atoms with van der Waals surface area (Å²) < 4.78 is 1.69. The molecular formula is C23H25N3O2S. The van der Waals surface area contributed by atoms with Gasteiger partial charge < -0.3 is 5.32 Å². The zero-order valence-electron chi connectivity index (χ0n) is 16.6. The highest BCUT2D eigenvalue weighted by atomic mass is 32.2. The Balaban J connectivity index is 1.50. The third-order valence-corrected chi connectivity index (χ3v) is 6.29. The van der Waals surface area contributed by atoms with Gasteiger partial charge in [-0.05, 0) is 48.9 Å². The molecule has 0 fully saturated rings. The zero-order valence-corrected chi connectivity index (χ0v) is 17.4. The Hall–Kier alpha value is -2.60. The van der Waals surface area contributed by atoms with Crippen LogP contribution in [0.3, 0.4) is 0 Å². The standard InChI is InChI=1S/C23H25N3O2S/c1-2-14-26-22(28)18-11-5-6-12-20(18)25-23(26)29-15-21(27)24-19-13-7-9-16-8-3-4-10-17(16)19/h3-6,8,10-12,19H,2,7,9,13-15H2,1H3,(H,24,27)/t19-/m0/s1. The molecule has 1 heterocycles. The Bertz CT molecular complexity index is 1090. The van der Waals surface area contributed by atoms with Gasteiger partial charge in [-0.3, -0.25) is 14.2 Å². The van der Waals surface area contributed by atoms with Crippen molar-refractivity contribution in [2.75, 3.05) is 5.75 Å². The highest BCUT2D eigenvalue weighted by molar-refractivity contribution is 7.99. The summed E-state index contributed by atoms with van der Waals surface area (Å²) >= 11 is 1.33. The molecule has 0 radical (unpaired) electrons. The van der Waals surface area contributed by atoms with E-state index in [1.165, 1.54) is 22.9 Å². The van der Waals surface area contributed by atoms with E-state index in [1.807, 2.05) is 31.2 Å². The molecule has 5 nitrogen and oxygen atoms in total. The van der Waals surface area contributed by atoms with Crippen LogP contribution in [0.15, 0.2) is 58.5 Å². The number of hydrogen-bond acceptors (Lipinski definition) is 4. The van der Waals surface area contributed by atoms with E-state index >= 15 is 0 Å². The van der Waals surface area contributed by atoms with E-state index < -0.39 is 0 Å². The van der Waals surface area contributed by atoms with Crippen LogP contribution in [0.4, 0.5) is 0 Å². The number of aryl methyl sites for hydroxylation is 1. The fraction of sp³-hybridized carbons (Fsp3) is 0.348. The van der Waals surface area contributed by atoms with Crippen LogP contribution in [0, 0.1) is 0 Å². The van der Waals surface area contributed by atoms with Crippen LogP contribution in [0.1, 0.15) is 43.4 Å². The van der Waals surface area contributed by atoms with Crippen LogP contribution in [-0.2, 0) is 17.8 Å². The van der Waals surface area contributed by atoms with Gasteiger partial charge in [-0.25, -0.2) is 4.98 Å². The van der Waals surface area contributed by atoms with E-state index in [0.717, 1.165) is 25.7 Å². The lowest BCUT2D eigenvalue weighted by molar-refractivity contribution is -0.119. The van der Waals surface area contributed by atoms with Gasteiger partial charge in [0.2, 0.25) is 5.91 Å². The first-order valence-electron chi connectivity index (χ1n) is 10.2. The van der Waals surface area contributed by atoms with Crippen LogP contribution in [0.2, 0.25) is 0 Å². The van der Waals surface area contributed by atoms with Gasteiger partial charge in [-0.1, -0.05) is 55.1 Å². The summed E-state index contributed by atoms with van der Waals surface area (Å²) in [6.45, 7) is 2.62. The number of carbonyl (C=O) groups excluding carboxylic acids is 1. The second kappa shape index (κ2) is 8.82. The average Bonchev–Trinajstić information content (AvgIpc) is 2.75. The third-order valence-electron chi connectivity index (χ3n) is 5.31. The van der Waals surface area contributed by atoms with Crippen LogP contribution in [-0.4, -0.2) is 21.2 Å². The van der Waals surface area contributed by atoms with Gasteiger partial charge in [0, 0.05) is 6.54 Å². The van der Waals surface area contributed by atoms with Crippen molar-refractivity contribution in [3.63, 3.8) is 0 Å². The molecule has 1 aliphatic rings. The van der Waals surface area contributed by atoms with Crippen molar-refractivity contribution in [1.82, 2.24) is 14.9 Å². The Labute approximate surface area is 174 Å². The van der Waals surface area contributed by atoms with E-state index in [-0.39, 0.29) is 23.3 Å². The van der Waals surface area contributed by atoms with Gasteiger partial charge in [0.25, 0.3) is 5.56 Å². The molecule has 3 aromatic rings. The van der Waals surface area contributed by atoms with Gasteiger partial charge in [0.05, 0.1) is 22.7 Å². The number of nitrogens with zero attached hydrogens (tertiary/aromatic N) is 2. The molecule has 6 heteroatoms. The molecule has 1 aliphatic carbocycles. The van der Waals surface area contributed by atoms with Crippen molar-refractivity contribution >= 4 is 28.6 Å². The molecule has 0 bridgehead atoms. The van der Waals surface area contributed by atoms with Crippen LogP contribution >= 0.6 is 11.8 Å². The maximum absolute atomic E-state index is 12.8. The normalized spacial score (nSPS) is 15.8. The van der Waals surface area contributed by atoms with E-state index in [1.54, 1.807) is 10.6 Å². The lowest BCUT2D eigenvalue weighted by Crippen LogP contribution is -2.32. The Morgan fingerprint density at radius 1 is 1.21 bits per heavy atom. The van der Waals surface area contributed by atoms with Gasteiger partial charge in [-0.15, -0.1) is 0 Å². The van der Waals surface area contributed by atoms with Crippen molar-refractivity contribution in [3.8, 4) is 0 Å². The molecule has 0 unspecified atom stereocenters. The first kappa shape index (κ1) is 19.7. The maximum Gasteiger partial charge on any atom is 0.262 e. The van der Waals surface area contributed by atoms with Gasteiger partial charge in [-0.2, -0.15) is 0 Å². The molecule has 1 amide bonds. The summed E-state index contributed by atoms with van der Waals surface area (Å²) in [6.07, 6.45) is 3.94. The number of para-hydroxylation sites is 1. The number of hydrogen-bond donors (Lipinski definition) is 1. The van der Waals surface area contributed by atoms with Gasteiger partial charge in [0.15, 0.2) is 5.16 Å². The Morgan fingerprint density at radius 2 is 2.00 bits per heavy atom. The molecule has 0 saturated carbocycles. The first-order chi connectivity index (χ1) is 14.2. The number of aromatic nitrogens is 2. The summed E-state index contributed by atoms with van der Waals surface area (Å²) in [7, 11) is 0. The topological polar surface area (TPSA) is 64.0 Å². The minimum absolute atomic E-state index is 0.0258. The second-order valence-electron chi connectivity index (χ2n) is 7.37. The summed E-state index contributed by atoms with van der Waals surface area (Å²) in [5.41, 5.74) is 3.18. The van der Waals surface area contributed by atoms with Gasteiger partial charge >= 0.3 is 0 Å². The van der Waals surface area contributed by atoms with Crippen molar-refractivity contribution in [1.29, 1.82) is 0 Å².